The number of carbonyl (C=O) groups is 2. The van der Waals surface area contributed by atoms with Crippen molar-refractivity contribution in [3.8, 4) is 11.5 Å². The third kappa shape index (κ3) is 1.33. The van der Waals surface area contributed by atoms with Crippen molar-refractivity contribution in [1.29, 1.82) is 0 Å². The second-order valence-corrected chi connectivity index (χ2v) is 4.51. The van der Waals surface area contributed by atoms with Crippen LogP contribution in [0.15, 0.2) is 24.3 Å². The Labute approximate surface area is 113 Å². The van der Waals surface area contributed by atoms with E-state index < -0.39 is 23.1 Å². The molecule has 1 aliphatic rings. The summed E-state index contributed by atoms with van der Waals surface area (Å²) in [6.07, 6.45) is 0. The summed E-state index contributed by atoms with van der Waals surface area (Å²) in [6, 6.07) is 5.55. The Kier molecular flexibility index (Phi) is 2.25. The molecule has 0 atom stereocenters. The lowest BCUT2D eigenvalue weighted by molar-refractivity contribution is 0.0977. The molecule has 0 spiro atoms. The first-order chi connectivity index (χ1) is 9.43. The van der Waals surface area contributed by atoms with E-state index in [9.17, 15) is 19.8 Å². The first kappa shape index (κ1) is 12.0. The third-order valence-corrected chi connectivity index (χ3v) is 3.33. The Morgan fingerprint density at radius 3 is 2.25 bits per heavy atom. The molecular weight excluding hydrogens is 260 g/mol. The van der Waals surface area contributed by atoms with Gasteiger partial charge in [0, 0.05) is 23.0 Å². The van der Waals surface area contributed by atoms with Crippen LogP contribution in [0.5, 0.6) is 11.5 Å². The maximum Gasteiger partial charge on any atom is 0.200 e. The number of hydrogen-bond donors (Lipinski definition) is 4. The number of benzene rings is 2. The van der Waals surface area contributed by atoms with Crippen LogP contribution in [0.2, 0.25) is 0 Å². The summed E-state index contributed by atoms with van der Waals surface area (Å²) < 4.78 is 0. The highest BCUT2D eigenvalue weighted by atomic mass is 16.3. The van der Waals surface area contributed by atoms with Crippen LogP contribution in [0.3, 0.4) is 0 Å². The van der Waals surface area contributed by atoms with Crippen molar-refractivity contribution in [2.45, 2.75) is 0 Å². The van der Waals surface area contributed by atoms with Gasteiger partial charge in [-0.25, -0.2) is 0 Å². The fraction of sp³-hybridized carbons (Fsp3) is 0. The average molecular weight is 270 g/mol. The number of carbonyl (C=O) groups excluding carboxylic acids is 2. The molecule has 2 aromatic rings. The second-order valence-electron chi connectivity index (χ2n) is 4.51. The molecule has 0 radical (unpaired) electrons. The van der Waals surface area contributed by atoms with Crippen molar-refractivity contribution in [2.75, 3.05) is 11.5 Å². The predicted molar refractivity (Wildman–Crippen MR) is 71.9 cm³/mol. The van der Waals surface area contributed by atoms with E-state index in [1.165, 1.54) is 12.1 Å². The summed E-state index contributed by atoms with van der Waals surface area (Å²) in [5.74, 6) is -2.36. The number of ketones is 2. The zero-order valence-corrected chi connectivity index (χ0v) is 10.2. The van der Waals surface area contributed by atoms with E-state index in [2.05, 4.69) is 0 Å². The smallest absolute Gasteiger partial charge is 0.200 e. The molecule has 0 saturated carbocycles. The Hall–Kier alpha value is -3.02. The number of hydrogen-bond acceptors (Lipinski definition) is 6. The highest BCUT2D eigenvalue weighted by Gasteiger charge is 2.36. The van der Waals surface area contributed by atoms with Gasteiger partial charge in [-0.1, -0.05) is 12.1 Å². The summed E-state index contributed by atoms with van der Waals surface area (Å²) in [5, 5.41) is 19.4. The van der Waals surface area contributed by atoms with Crippen LogP contribution in [0, 0.1) is 0 Å². The molecule has 0 unspecified atom stereocenters. The summed E-state index contributed by atoms with van der Waals surface area (Å²) in [7, 11) is 0. The summed E-state index contributed by atoms with van der Waals surface area (Å²) in [6.45, 7) is 0. The van der Waals surface area contributed by atoms with E-state index in [1.54, 1.807) is 6.07 Å². The van der Waals surface area contributed by atoms with E-state index in [1.807, 2.05) is 0 Å². The molecule has 100 valence electrons. The minimum Gasteiger partial charge on any atom is -0.504 e. The molecule has 6 nitrogen and oxygen atoms in total. The average Bonchev–Trinajstić information content (AvgIpc) is 2.40. The Morgan fingerprint density at radius 1 is 0.850 bits per heavy atom. The molecule has 6 heteroatoms. The van der Waals surface area contributed by atoms with Crippen molar-refractivity contribution in [1.82, 2.24) is 0 Å². The standard InChI is InChI=1S/C14H10N2O4/c15-6-3-1-2-5-9(6)14(20)11-10(12(5)18)7(16)4-8(17)13(11)19/h1-4,17,19H,15-16H2. The molecule has 0 aliphatic heterocycles. The van der Waals surface area contributed by atoms with Crippen molar-refractivity contribution >= 4 is 22.9 Å². The number of anilines is 2. The Bertz CT molecular complexity index is 796. The van der Waals surface area contributed by atoms with E-state index in [0.717, 1.165) is 6.07 Å². The normalized spacial score (nSPS) is 13.0. The van der Waals surface area contributed by atoms with Crippen molar-refractivity contribution in [3.05, 3.63) is 46.5 Å². The zero-order chi connectivity index (χ0) is 14.6. The van der Waals surface area contributed by atoms with Crippen molar-refractivity contribution < 1.29 is 19.8 Å². The van der Waals surface area contributed by atoms with E-state index in [-0.39, 0.29) is 33.6 Å². The Morgan fingerprint density at radius 2 is 1.55 bits per heavy atom. The van der Waals surface area contributed by atoms with Gasteiger partial charge >= 0.3 is 0 Å². The minimum atomic E-state index is -0.665. The number of nitrogens with two attached hydrogens (primary N) is 2. The number of rotatable bonds is 0. The predicted octanol–water partition coefficient (Wildman–Crippen LogP) is 1.04. The van der Waals surface area contributed by atoms with Gasteiger partial charge in [0.05, 0.1) is 16.7 Å². The topological polar surface area (TPSA) is 127 Å². The summed E-state index contributed by atoms with van der Waals surface area (Å²) in [5.41, 5.74) is 11.2. The van der Waals surface area contributed by atoms with Gasteiger partial charge in [-0.3, -0.25) is 9.59 Å². The molecule has 0 fully saturated rings. The molecule has 3 rings (SSSR count). The molecule has 0 aromatic heterocycles. The highest BCUT2D eigenvalue weighted by Crippen LogP contribution is 2.42. The maximum atomic E-state index is 12.4. The monoisotopic (exact) mass is 270 g/mol. The highest BCUT2D eigenvalue weighted by molar-refractivity contribution is 6.32. The van der Waals surface area contributed by atoms with Gasteiger partial charge in [0.2, 0.25) is 5.78 Å². The van der Waals surface area contributed by atoms with Crippen LogP contribution in [0.4, 0.5) is 11.4 Å². The molecular formula is C14H10N2O4. The van der Waals surface area contributed by atoms with Gasteiger partial charge in [0.15, 0.2) is 17.3 Å². The maximum absolute atomic E-state index is 12.4. The van der Waals surface area contributed by atoms with Gasteiger partial charge in [-0.2, -0.15) is 0 Å². The molecule has 0 saturated heterocycles. The molecule has 0 amide bonds. The summed E-state index contributed by atoms with van der Waals surface area (Å²) >= 11 is 0. The number of nitrogen functional groups attached to an aromatic ring is 2. The molecule has 0 heterocycles. The minimum absolute atomic E-state index is 0.0188. The largest absolute Gasteiger partial charge is 0.504 e. The van der Waals surface area contributed by atoms with E-state index in [0.29, 0.717) is 0 Å². The zero-order valence-electron chi connectivity index (χ0n) is 10.2. The quantitative estimate of drug-likeness (QED) is 0.274. The number of phenolic OH excluding ortho intramolecular Hbond substituents is 2. The first-order valence-electron chi connectivity index (χ1n) is 5.75. The Balaban J connectivity index is 2.45. The fourth-order valence-electron chi connectivity index (χ4n) is 2.42. The molecule has 0 bridgehead atoms. The van der Waals surface area contributed by atoms with Crippen molar-refractivity contribution in [2.24, 2.45) is 0 Å². The SMILES string of the molecule is Nc1cccc2c1C(=O)c1c(O)c(O)cc(N)c1C2=O. The van der Waals surface area contributed by atoms with Gasteiger partial charge < -0.3 is 21.7 Å². The van der Waals surface area contributed by atoms with Crippen LogP contribution in [-0.4, -0.2) is 21.8 Å². The van der Waals surface area contributed by atoms with E-state index >= 15 is 0 Å². The van der Waals surface area contributed by atoms with Crippen LogP contribution >= 0.6 is 0 Å². The van der Waals surface area contributed by atoms with Crippen LogP contribution in [0.1, 0.15) is 31.8 Å². The number of aromatic hydroxyl groups is 2. The lowest BCUT2D eigenvalue weighted by Gasteiger charge is -2.21. The third-order valence-electron chi connectivity index (χ3n) is 3.33. The fourth-order valence-corrected chi connectivity index (χ4v) is 2.42. The molecule has 2 aromatic carbocycles. The number of fused-ring (bicyclic) bond motifs is 2. The van der Waals surface area contributed by atoms with Gasteiger partial charge in [-0.15, -0.1) is 0 Å². The van der Waals surface area contributed by atoms with Gasteiger partial charge in [-0.05, 0) is 6.07 Å². The first-order valence-corrected chi connectivity index (χ1v) is 5.75. The second kappa shape index (κ2) is 3.74. The number of phenols is 2. The summed E-state index contributed by atoms with van der Waals surface area (Å²) in [4.78, 5) is 24.9. The van der Waals surface area contributed by atoms with Crippen LogP contribution in [-0.2, 0) is 0 Å². The molecule has 20 heavy (non-hydrogen) atoms. The molecule has 6 N–H and O–H groups in total. The molecule has 1 aliphatic carbocycles. The van der Waals surface area contributed by atoms with Crippen molar-refractivity contribution in [3.63, 3.8) is 0 Å². The van der Waals surface area contributed by atoms with Crippen LogP contribution in [0.25, 0.3) is 0 Å². The lowest BCUT2D eigenvalue weighted by Crippen LogP contribution is -2.23. The van der Waals surface area contributed by atoms with E-state index in [4.69, 9.17) is 11.5 Å². The van der Waals surface area contributed by atoms with Crippen LogP contribution < -0.4 is 11.5 Å². The lowest BCUT2D eigenvalue weighted by atomic mass is 9.82. The van der Waals surface area contributed by atoms with Gasteiger partial charge in [0.1, 0.15) is 0 Å². The van der Waals surface area contributed by atoms with Gasteiger partial charge in [0.25, 0.3) is 0 Å².